The van der Waals surface area contributed by atoms with Crippen LogP contribution in [0.3, 0.4) is 0 Å². The van der Waals surface area contributed by atoms with Crippen LogP contribution in [0.15, 0.2) is 109 Å². The molecule has 2 N–H and O–H groups in total. The van der Waals surface area contributed by atoms with Crippen molar-refractivity contribution in [3.63, 3.8) is 0 Å². The number of carbonyl (C=O) groups is 2. The molecular formula is C35H39N3O3. The van der Waals surface area contributed by atoms with Gasteiger partial charge in [-0.25, -0.2) is 0 Å². The molecule has 6 heteroatoms. The first kappa shape index (κ1) is 29.6. The van der Waals surface area contributed by atoms with Gasteiger partial charge in [-0.1, -0.05) is 97.1 Å². The van der Waals surface area contributed by atoms with Gasteiger partial charge in [0.15, 0.2) is 0 Å². The third-order valence-corrected chi connectivity index (χ3v) is 6.90. The fourth-order valence-corrected chi connectivity index (χ4v) is 4.71. The largest absolute Gasteiger partial charge is 0.492 e. The molecule has 41 heavy (non-hydrogen) atoms. The molecule has 0 bridgehead atoms. The molecule has 0 radical (unpaired) electrons. The van der Waals surface area contributed by atoms with Crippen molar-refractivity contribution in [3.8, 4) is 5.75 Å². The Morgan fingerprint density at radius 3 is 2.07 bits per heavy atom. The van der Waals surface area contributed by atoms with Crippen molar-refractivity contribution in [3.05, 3.63) is 126 Å². The third kappa shape index (κ3) is 9.05. The Morgan fingerprint density at radius 1 is 0.805 bits per heavy atom. The maximum absolute atomic E-state index is 12.6. The van der Waals surface area contributed by atoms with E-state index in [1.54, 1.807) is 0 Å². The Bertz CT molecular complexity index is 1360. The minimum Gasteiger partial charge on any atom is -0.492 e. The van der Waals surface area contributed by atoms with E-state index >= 15 is 0 Å². The summed E-state index contributed by atoms with van der Waals surface area (Å²) in [5.41, 5.74) is 5.35. The van der Waals surface area contributed by atoms with E-state index in [0.29, 0.717) is 26.1 Å². The summed E-state index contributed by atoms with van der Waals surface area (Å²) in [5.74, 6) is -0.190. The molecule has 3 aromatic carbocycles. The fourth-order valence-electron chi connectivity index (χ4n) is 4.71. The molecule has 6 nitrogen and oxygen atoms in total. The lowest BCUT2D eigenvalue weighted by atomic mass is 9.88. The van der Waals surface area contributed by atoms with Gasteiger partial charge in [0.05, 0.1) is 0 Å². The summed E-state index contributed by atoms with van der Waals surface area (Å²) in [6.45, 7) is 2.22. The standard InChI is InChI=1S/C35H39N3O3/c1-38(2)24-25-41-31-20-18-30(19-21-31)33(29-16-10-5-11-17-29)32(28-14-8-4-9-15-28)22-23-36-34(39)35(40)37-26-27-12-6-3-7-13-27/h3-12,14-21,27H,13,22-26H2,1-2H3,(H,36,39)(H,37,40)/b33-32-. The van der Waals surface area contributed by atoms with Crippen LogP contribution in [0.5, 0.6) is 5.75 Å². The van der Waals surface area contributed by atoms with Crippen molar-refractivity contribution in [2.75, 3.05) is 40.3 Å². The van der Waals surface area contributed by atoms with Gasteiger partial charge < -0.3 is 20.3 Å². The van der Waals surface area contributed by atoms with Crippen LogP contribution in [-0.2, 0) is 9.59 Å². The molecular weight excluding hydrogens is 510 g/mol. The highest BCUT2D eigenvalue weighted by molar-refractivity contribution is 6.35. The van der Waals surface area contributed by atoms with E-state index in [2.05, 4.69) is 58.0 Å². The SMILES string of the molecule is CN(C)CCOc1ccc(/C(=C(/CCNC(=O)C(=O)NCC2C=CC=CC2)c2ccccc2)c2ccccc2)cc1. The van der Waals surface area contributed by atoms with Crippen molar-refractivity contribution in [2.24, 2.45) is 5.92 Å². The Kier molecular flexibility index (Phi) is 11.1. The van der Waals surface area contributed by atoms with Crippen LogP contribution in [0, 0.1) is 5.92 Å². The van der Waals surface area contributed by atoms with Gasteiger partial charge >= 0.3 is 11.8 Å². The summed E-state index contributed by atoms with van der Waals surface area (Å²) in [7, 11) is 4.05. The first-order chi connectivity index (χ1) is 20.0. The minimum absolute atomic E-state index is 0.211. The number of rotatable bonds is 12. The molecule has 2 amide bonds. The topological polar surface area (TPSA) is 70.7 Å². The molecule has 212 valence electrons. The van der Waals surface area contributed by atoms with Crippen LogP contribution >= 0.6 is 0 Å². The van der Waals surface area contributed by atoms with Gasteiger partial charge in [-0.15, -0.1) is 0 Å². The van der Waals surface area contributed by atoms with Gasteiger partial charge in [0.1, 0.15) is 12.4 Å². The van der Waals surface area contributed by atoms with Crippen molar-refractivity contribution in [1.29, 1.82) is 0 Å². The van der Waals surface area contributed by atoms with Gasteiger partial charge in [-0.05, 0) is 72.8 Å². The summed E-state index contributed by atoms with van der Waals surface area (Å²) in [4.78, 5) is 27.2. The highest BCUT2D eigenvalue weighted by Crippen LogP contribution is 2.35. The lowest BCUT2D eigenvalue weighted by Crippen LogP contribution is -2.41. The van der Waals surface area contributed by atoms with E-state index in [1.165, 1.54) is 0 Å². The molecule has 3 aromatic rings. The zero-order valence-electron chi connectivity index (χ0n) is 23.9. The second-order valence-electron chi connectivity index (χ2n) is 10.3. The summed E-state index contributed by atoms with van der Waals surface area (Å²) >= 11 is 0. The van der Waals surface area contributed by atoms with Crippen LogP contribution in [0.4, 0.5) is 0 Å². The minimum atomic E-state index is -0.617. The number of nitrogens with zero attached hydrogens (tertiary/aromatic N) is 1. The molecule has 1 aliphatic rings. The van der Waals surface area contributed by atoms with Crippen LogP contribution in [0.2, 0.25) is 0 Å². The Hall–Kier alpha value is -4.42. The number of allylic oxidation sites excluding steroid dienone is 3. The van der Waals surface area contributed by atoms with E-state index in [4.69, 9.17) is 4.74 Å². The quantitative estimate of drug-likeness (QED) is 0.236. The lowest BCUT2D eigenvalue weighted by Gasteiger charge is -2.18. The fraction of sp³-hybridized carbons (Fsp3) is 0.257. The smallest absolute Gasteiger partial charge is 0.309 e. The predicted octanol–water partition coefficient (Wildman–Crippen LogP) is 5.34. The number of carbonyl (C=O) groups excluding carboxylic acids is 2. The predicted molar refractivity (Wildman–Crippen MR) is 166 cm³/mol. The summed E-state index contributed by atoms with van der Waals surface area (Å²) in [6, 6.07) is 28.6. The molecule has 0 aliphatic heterocycles. The molecule has 0 heterocycles. The van der Waals surface area contributed by atoms with Crippen LogP contribution in [0.1, 0.15) is 29.5 Å². The Labute approximate surface area is 243 Å². The van der Waals surface area contributed by atoms with Gasteiger partial charge in [-0.3, -0.25) is 9.59 Å². The maximum atomic E-state index is 12.6. The average Bonchev–Trinajstić information content (AvgIpc) is 3.01. The Morgan fingerprint density at radius 2 is 1.44 bits per heavy atom. The second kappa shape index (κ2) is 15.4. The normalized spacial score (nSPS) is 14.9. The maximum Gasteiger partial charge on any atom is 0.309 e. The second-order valence-corrected chi connectivity index (χ2v) is 10.3. The molecule has 4 rings (SSSR count). The van der Waals surface area contributed by atoms with E-state index in [9.17, 15) is 9.59 Å². The zero-order chi connectivity index (χ0) is 28.9. The van der Waals surface area contributed by atoms with Gasteiger partial charge in [0.25, 0.3) is 0 Å². The first-order valence-corrected chi connectivity index (χ1v) is 14.1. The monoisotopic (exact) mass is 549 g/mol. The zero-order valence-corrected chi connectivity index (χ0v) is 23.9. The van der Waals surface area contributed by atoms with Gasteiger partial charge in [-0.2, -0.15) is 0 Å². The van der Waals surface area contributed by atoms with Gasteiger partial charge in [0.2, 0.25) is 0 Å². The van der Waals surface area contributed by atoms with E-state index < -0.39 is 11.8 Å². The van der Waals surface area contributed by atoms with Crippen LogP contribution < -0.4 is 15.4 Å². The van der Waals surface area contributed by atoms with Crippen molar-refractivity contribution >= 4 is 23.0 Å². The van der Waals surface area contributed by atoms with E-state index in [0.717, 1.165) is 46.6 Å². The Balaban J connectivity index is 1.54. The number of benzene rings is 3. The number of amides is 2. The molecule has 0 aromatic heterocycles. The molecule has 0 fully saturated rings. The van der Waals surface area contributed by atoms with Crippen LogP contribution in [0.25, 0.3) is 11.1 Å². The summed E-state index contributed by atoms with van der Waals surface area (Å²) < 4.78 is 5.92. The van der Waals surface area contributed by atoms with E-state index in [1.807, 2.05) is 80.9 Å². The highest BCUT2D eigenvalue weighted by Gasteiger charge is 2.18. The van der Waals surface area contributed by atoms with Crippen molar-refractivity contribution in [2.45, 2.75) is 12.8 Å². The molecule has 0 saturated heterocycles. The molecule has 1 unspecified atom stereocenters. The average molecular weight is 550 g/mol. The van der Waals surface area contributed by atoms with Gasteiger partial charge in [0, 0.05) is 19.6 Å². The number of hydrogen-bond acceptors (Lipinski definition) is 4. The van der Waals surface area contributed by atoms with Crippen molar-refractivity contribution < 1.29 is 14.3 Å². The molecule has 0 saturated carbocycles. The van der Waals surface area contributed by atoms with Crippen LogP contribution in [-0.4, -0.2) is 57.1 Å². The number of ether oxygens (including phenoxy) is 1. The molecule has 1 aliphatic carbocycles. The number of nitrogens with one attached hydrogen (secondary N) is 2. The highest BCUT2D eigenvalue weighted by atomic mass is 16.5. The number of hydrogen-bond donors (Lipinski definition) is 2. The third-order valence-electron chi connectivity index (χ3n) is 6.90. The molecule has 0 spiro atoms. The molecule has 1 atom stereocenters. The summed E-state index contributed by atoms with van der Waals surface area (Å²) in [6.07, 6.45) is 9.46. The van der Waals surface area contributed by atoms with E-state index in [-0.39, 0.29) is 5.92 Å². The first-order valence-electron chi connectivity index (χ1n) is 14.1. The lowest BCUT2D eigenvalue weighted by molar-refractivity contribution is -0.139. The summed E-state index contributed by atoms with van der Waals surface area (Å²) in [5, 5.41) is 5.59. The number of likely N-dealkylation sites (N-methyl/N-ethyl adjacent to an activating group) is 1. The van der Waals surface area contributed by atoms with Crippen molar-refractivity contribution in [1.82, 2.24) is 15.5 Å².